The fourth-order valence-electron chi connectivity index (χ4n) is 2.48. The summed E-state index contributed by atoms with van der Waals surface area (Å²) in [6.45, 7) is -0.380. The molecule has 0 radical (unpaired) electrons. The molecule has 28 heavy (non-hydrogen) atoms. The van der Waals surface area contributed by atoms with Gasteiger partial charge in [0.1, 0.15) is 0 Å². The first-order chi connectivity index (χ1) is 13.6. The monoisotopic (exact) mass is 375 g/mol. The maximum atomic E-state index is 11.8. The van der Waals surface area contributed by atoms with E-state index in [-0.39, 0.29) is 18.0 Å². The van der Waals surface area contributed by atoms with Crippen LogP contribution in [0.2, 0.25) is 0 Å². The van der Waals surface area contributed by atoms with Crippen molar-refractivity contribution in [3.05, 3.63) is 94.5 Å². The summed E-state index contributed by atoms with van der Waals surface area (Å²) in [4.78, 5) is 22.2. The zero-order valence-electron chi connectivity index (χ0n) is 14.8. The Morgan fingerprint density at radius 1 is 0.964 bits per heavy atom. The number of hydrogen-bond acceptors (Lipinski definition) is 5. The fraction of sp³-hybridized carbons (Fsp3) is 0.0476. The van der Waals surface area contributed by atoms with Gasteiger partial charge >= 0.3 is 5.69 Å². The largest absolute Gasteiger partial charge is 0.477 e. The summed E-state index contributed by atoms with van der Waals surface area (Å²) in [5, 5.41) is 14.8. The predicted molar refractivity (Wildman–Crippen MR) is 106 cm³/mol. The van der Waals surface area contributed by atoms with Gasteiger partial charge in [-0.3, -0.25) is 14.9 Å². The van der Waals surface area contributed by atoms with Crippen LogP contribution in [-0.4, -0.2) is 23.7 Å². The van der Waals surface area contributed by atoms with E-state index in [1.165, 1.54) is 24.4 Å². The first-order valence-electron chi connectivity index (χ1n) is 8.47. The van der Waals surface area contributed by atoms with Crippen LogP contribution in [0.5, 0.6) is 5.75 Å². The number of hydrazone groups is 1. The van der Waals surface area contributed by atoms with E-state index in [0.717, 1.165) is 16.7 Å². The number of nitrogens with one attached hydrogen (secondary N) is 1. The van der Waals surface area contributed by atoms with Gasteiger partial charge in [0.2, 0.25) is 0 Å². The number of benzene rings is 3. The molecule has 0 saturated heterocycles. The molecule has 0 spiro atoms. The third-order valence-electron chi connectivity index (χ3n) is 3.84. The molecular weight excluding hydrogens is 358 g/mol. The van der Waals surface area contributed by atoms with Crippen LogP contribution < -0.4 is 10.2 Å². The SMILES string of the molecule is O=C(COc1ccccc1[N+](=O)[O-])N/N=C\c1ccc(-c2ccccc2)cc1. The maximum Gasteiger partial charge on any atom is 0.310 e. The maximum absolute atomic E-state index is 11.8. The first kappa shape index (κ1) is 18.8. The quantitative estimate of drug-likeness (QED) is 0.386. The Morgan fingerprint density at radius 3 is 2.32 bits per heavy atom. The number of ether oxygens (including phenoxy) is 1. The minimum absolute atomic E-state index is 0.0307. The van der Waals surface area contributed by atoms with E-state index < -0.39 is 10.8 Å². The number of hydrogen-bond donors (Lipinski definition) is 1. The molecule has 0 unspecified atom stereocenters. The van der Waals surface area contributed by atoms with E-state index >= 15 is 0 Å². The summed E-state index contributed by atoms with van der Waals surface area (Å²) in [5.74, 6) is -0.488. The van der Waals surface area contributed by atoms with Gasteiger partial charge in [0.05, 0.1) is 11.1 Å². The molecule has 0 aliphatic heterocycles. The number of carbonyl (C=O) groups is 1. The topological polar surface area (TPSA) is 93.8 Å². The van der Waals surface area contributed by atoms with Crippen LogP contribution in [0.1, 0.15) is 5.56 Å². The third-order valence-corrected chi connectivity index (χ3v) is 3.84. The molecule has 3 aromatic rings. The van der Waals surface area contributed by atoms with Crippen molar-refractivity contribution < 1.29 is 14.5 Å². The second-order valence-electron chi connectivity index (χ2n) is 5.79. The fourth-order valence-corrected chi connectivity index (χ4v) is 2.48. The Kier molecular flexibility index (Phi) is 6.10. The highest BCUT2D eigenvalue weighted by molar-refractivity contribution is 5.83. The number of carbonyl (C=O) groups excluding carboxylic acids is 1. The van der Waals surface area contributed by atoms with E-state index in [1.54, 1.807) is 6.07 Å². The number of amides is 1. The van der Waals surface area contributed by atoms with E-state index in [4.69, 9.17) is 4.74 Å². The van der Waals surface area contributed by atoms with Crippen LogP contribution in [0.3, 0.4) is 0 Å². The standard InChI is InChI=1S/C21H17N3O4/c25-21(15-28-20-9-5-4-8-19(20)24(26)27)23-22-14-16-10-12-18(13-11-16)17-6-2-1-3-7-17/h1-14H,15H2,(H,23,25)/b22-14-. The lowest BCUT2D eigenvalue weighted by Crippen LogP contribution is -2.24. The molecule has 140 valence electrons. The average molecular weight is 375 g/mol. The van der Waals surface area contributed by atoms with Crippen LogP contribution in [-0.2, 0) is 4.79 Å². The number of nitrogens with zero attached hydrogens (tertiary/aromatic N) is 2. The van der Waals surface area contributed by atoms with Crippen LogP contribution in [0, 0.1) is 10.1 Å². The molecular formula is C21H17N3O4. The number of nitro groups is 1. The normalized spacial score (nSPS) is 10.6. The Balaban J connectivity index is 1.52. The van der Waals surface area contributed by atoms with Gasteiger partial charge in [-0.05, 0) is 22.8 Å². The molecule has 7 heteroatoms. The Morgan fingerprint density at radius 2 is 1.61 bits per heavy atom. The molecule has 1 amide bonds. The molecule has 3 rings (SSSR count). The van der Waals surface area contributed by atoms with Crippen molar-refractivity contribution in [2.45, 2.75) is 0 Å². The lowest BCUT2D eigenvalue weighted by Gasteiger charge is -2.05. The Labute approximate surface area is 161 Å². The number of rotatable bonds is 7. The highest BCUT2D eigenvalue weighted by Gasteiger charge is 2.14. The van der Waals surface area contributed by atoms with Gasteiger partial charge in [-0.1, -0.05) is 66.7 Å². The molecule has 3 aromatic carbocycles. The Hall–Kier alpha value is -4.00. The summed E-state index contributed by atoms with van der Waals surface area (Å²) in [6, 6.07) is 23.6. The molecule has 0 atom stereocenters. The zero-order valence-corrected chi connectivity index (χ0v) is 14.8. The lowest BCUT2D eigenvalue weighted by molar-refractivity contribution is -0.385. The van der Waals surface area contributed by atoms with Crippen molar-refractivity contribution in [2.75, 3.05) is 6.61 Å². The molecule has 0 heterocycles. The second-order valence-corrected chi connectivity index (χ2v) is 5.79. The first-order valence-corrected chi connectivity index (χ1v) is 8.47. The molecule has 0 bridgehead atoms. The van der Waals surface area contributed by atoms with Crippen molar-refractivity contribution >= 4 is 17.8 Å². The number of nitro benzene ring substituents is 1. The van der Waals surface area contributed by atoms with Crippen molar-refractivity contribution in [2.24, 2.45) is 5.10 Å². The number of para-hydroxylation sites is 2. The van der Waals surface area contributed by atoms with Gasteiger partial charge < -0.3 is 4.74 Å². The van der Waals surface area contributed by atoms with Gasteiger partial charge in [0, 0.05) is 6.07 Å². The highest BCUT2D eigenvalue weighted by atomic mass is 16.6. The van der Waals surface area contributed by atoms with Crippen molar-refractivity contribution in [3.8, 4) is 16.9 Å². The van der Waals surface area contributed by atoms with E-state index in [0.29, 0.717) is 0 Å². The van der Waals surface area contributed by atoms with Crippen molar-refractivity contribution in [1.82, 2.24) is 5.43 Å². The summed E-state index contributed by atoms with van der Waals surface area (Å²) >= 11 is 0. The molecule has 0 aromatic heterocycles. The molecule has 0 aliphatic rings. The van der Waals surface area contributed by atoms with Crippen LogP contribution in [0.25, 0.3) is 11.1 Å². The van der Waals surface area contributed by atoms with Gasteiger partial charge in [0.15, 0.2) is 12.4 Å². The predicted octanol–water partition coefficient (Wildman–Crippen LogP) is 3.79. The van der Waals surface area contributed by atoms with Crippen LogP contribution in [0.4, 0.5) is 5.69 Å². The molecule has 1 N–H and O–H groups in total. The van der Waals surface area contributed by atoms with Crippen LogP contribution in [0.15, 0.2) is 84.0 Å². The summed E-state index contributed by atoms with van der Waals surface area (Å²) in [5.41, 5.74) is 5.15. The highest BCUT2D eigenvalue weighted by Crippen LogP contribution is 2.25. The second kappa shape index (κ2) is 9.09. The minimum atomic E-state index is -0.565. The smallest absolute Gasteiger partial charge is 0.310 e. The van der Waals surface area contributed by atoms with Gasteiger partial charge in [-0.15, -0.1) is 0 Å². The van der Waals surface area contributed by atoms with Gasteiger partial charge in [-0.2, -0.15) is 5.10 Å². The summed E-state index contributed by atoms with van der Waals surface area (Å²) in [7, 11) is 0. The van der Waals surface area contributed by atoms with Crippen LogP contribution >= 0.6 is 0 Å². The van der Waals surface area contributed by atoms with Crippen molar-refractivity contribution in [1.29, 1.82) is 0 Å². The molecule has 0 fully saturated rings. The van der Waals surface area contributed by atoms with Gasteiger partial charge in [-0.25, -0.2) is 5.43 Å². The molecule has 0 aliphatic carbocycles. The van der Waals surface area contributed by atoms with E-state index in [2.05, 4.69) is 10.5 Å². The van der Waals surface area contributed by atoms with Crippen molar-refractivity contribution in [3.63, 3.8) is 0 Å². The third kappa shape index (κ3) is 5.01. The molecule has 7 nitrogen and oxygen atoms in total. The average Bonchev–Trinajstić information content (AvgIpc) is 2.73. The zero-order chi connectivity index (χ0) is 19.8. The van der Waals surface area contributed by atoms with E-state index in [1.807, 2.05) is 54.6 Å². The van der Waals surface area contributed by atoms with E-state index in [9.17, 15) is 14.9 Å². The summed E-state index contributed by atoms with van der Waals surface area (Å²) < 4.78 is 5.20. The molecule has 0 saturated carbocycles. The van der Waals surface area contributed by atoms with Gasteiger partial charge in [0.25, 0.3) is 5.91 Å². The minimum Gasteiger partial charge on any atom is -0.477 e. The summed E-state index contributed by atoms with van der Waals surface area (Å²) in [6.07, 6.45) is 1.51. The Bertz CT molecular complexity index is 986. The lowest BCUT2D eigenvalue weighted by atomic mass is 10.0.